The minimum atomic E-state index is -0.296. The van der Waals surface area contributed by atoms with E-state index in [1.165, 1.54) is 0 Å². The zero-order chi connectivity index (χ0) is 12.2. The molecule has 0 spiro atoms. The Bertz CT molecular complexity index is 280. The molecule has 1 unspecified atom stereocenters. The molecule has 84 valence electrons. The fraction of sp³-hybridized carbons (Fsp3) is 0.667. The predicted molar refractivity (Wildman–Crippen MR) is 65.4 cm³/mol. The van der Waals surface area contributed by atoms with Gasteiger partial charge in [-0.25, -0.2) is 0 Å². The molecule has 0 bridgehead atoms. The third-order valence-corrected chi connectivity index (χ3v) is 2.54. The van der Waals surface area contributed by atoms with E-state index in [-0.39, 0.29) is 17.0 Å². The van der Waals surface area contributed by atoms with E-state index >= 15 is 0 Å². The predicted octanol–water partition coefficient (Wildman–Crippen LogP) is 2.20. The van der Waals surface area contributed by atoms with Crippen molar-refractivity contribution in [2.45, 2.75) is 41.4 Å². The fourth-order valence-corrected chi connectivity index (χ4v) is 1.66. The third-order valence-electron chi connectivity index (χ3n) is 2.54. The van der Waals surface area contributed by atoms with Crippen LogP contribution in [-0.4, -0.2) is 19.2 Å². The Hall–Kier alpha value is -0.855. The van der Waals surface area contributed by atoms with E-state index in [2.05, 4.69) is 0 Å². The van der Waals surface area contributed by atoms with Crippen LogP contribution in [-0.2, 0) is 9.59 Å². The van der Waals surface area contributed by atoms with Gasteiger partial charge in [0, 0.05) is 5.92 Å². The lowest BCUT2D eigenvalue weighted by atomic mass is 9.65. The van der Waals surface area contributed by atoms with Crippen LogP contribution >= 0.6 is 0 Å². The van der Waals surface area contributed by atoms with Crippen molar-refractivity contribution in [1.82, 2.24) is 0 Å². The molecule has 0 aromatic carbocycles. The van der Waals surface area contributed by atoms with E-state index in [0.717, 1.165) is 11.9 Å². The summed E-state index contributed by atoms with van der Waals surface area (Å²) in [5, 5.41) is 0. The van der Waals surface area contributed by atoms with Gasteiger partial charge in [0.05, 0.1) is 0 Å². The largest absolute Gasteiger partial charge is 0.307 e. The summed E-state index contributed by atoms with van der Waals surface area (Å²) in [5.74, 6) is -0.296. The number of allylic oxidation sites excluding steroid dienone is 2. The van der Waals surface area contributed by atoms with Gasteiger partial charge in [0.1, 0.15) is 12.0 Å². The van der Waals surface area contributed by atoms with E-state index in [9.17, 15) is 9.59 Å². The van der Waals surface area contributed by atoms with Gasteiger partial charge in [-0.05, 0) is 24.8 Å². The molecule has 0 amide bonds. The van der Waals surface area contributed by atoms with Crippen molar-refractivity contribution in [3.8, 4) is 0 Å². The highest BCUT2D eigenvalue weighted by Gasteiger charge is 2.31. The number of hydrogen-bond donors (Lipinski definition) is 0. The van der Waals surface area contributed by atoms with Gasteiger partial charge in [-0.15, -0.1) is 0 Å². The molecule has 0 N–H and O–H groups in total. The lowest BCUT2D eigenvalue weighted by Gasteiger charge is -2.28. The molecule has 0 aliphatic carbocycles. The molecule has 0 heterocycles. The molecule has 2 nitrogen and oxygen atoms in total. The number of carbonyl (C=O) groups excluding carboxylic acids is 2. The Morgan fingerprint density at radius 3 is 1.93 bits per heavy atom. The molecular formula is C12H21BO2. The second-order valence-electron chi connectivity index (χ2n) is 5.17. The number of carbonyl (C=O) groups is 2. The minimum Gasteiger partial charge on any atom is -0.307 e. The first-order chi connectivity index (χ1) is 6.75. The smallest absolute Gasteiger partial charge is 0.208 e. The third kappa shape index (κ3) is 3.65. The van der Waals surface area contributed by atoms with Crippen LogP contribution in [0.25, 0.3) is 0 Å². The van der Waals surface area contributed by atoms with Crippen LogP contribution in [0.2, 0.25) is 6.82 Å². The Kier molecular flexibility index (Phi) is 4.99. The zero-order valence-electron chi connectivity index (χ0n) is 10.7. The highest BCUT2D eigenvalue weighted by atomic mass is 16.1. The molecule has 15 heavy (non-hydrogen) atoms. The van der Waals surface area contributed by atoms with Crippen LogP contribution in [0.4, 0.5) is 0 Å². The molecule has 0 fully saturated rings. The van der Waals surface area contributed by atoms with Gasteiger partial charge in [0.2, 0.25) is 7.28 Å². The highest BCUT2D eigenvalue weighted by Crippen LogP contribution is 2.32. The monoisotopic (exact) mass is 208 g/mol. The Morgan fingerprint density at radius 1 is 1.27 bits per heavy atom. The van der Waals surface area contributed by atoms with Crippen molar-refractivity contribution < 1.29 is 9.59 Å². The van der Waals surface area contributed by atoms with Gasteiger partial charge >= 0.3 is 0 Å². The average Bonchev–Trinajstić information content (AvgIpc) is 2.09. The maximum atomic E-state index is 11.8. The van der Waals surface area contributed by atoms with Crippen LogP contribution in [0.3, 0.4) is 0 Å². The quantitative estimate of drug-likeness (QED) is 0.403. The summed E-state index contributed by atoms with van der Waals surface area (Å²) in [6.45, 7) is 11.6. The van der Waals surface area contributed by atoms with Gasteiger partial charge < -0.3 is 9.59 Å². The van der Waals surface area contributed by atoms with E-state index < -0.39 is 0 Å². The fourth-order valence-electron chi connectivity index (χ4n) is 1.66. The van der Waals surface area contributed by atoms with Gasteiger partial charge in [-0.1, -0.05) is 33.2 Å². The molecule has 0 saturated heterocycles. The summed E-state index contributed by atoms with van der Waals surface area (Å²) in [6, 6.07) is 0. The van der Waals surface area contributed by atoms with Crippen LogP contribution < -0.4 is 0 Å². The molecule has 1 atom stereocenters. The Labute approximate surface area is 93.4 Å². The van der Waals surface area contributed by atoms with Crippen molar-refractivity contribution in [3.05, 3.63) is 11.1 Å². The van der Waals surface area contributed by atoms with E-state index in [4.69, 9.17) is 0 Å². The Balaban J connectivity index is 5.36. The summed E-state index contributed by atoms with van der Waals surface area (Å²) in [4.78, 5) is 22.9. The van der Waals surface area contributed by atoms with E-state index in [0.29, 0.717) is 12.9 Å². The highest BCUT2D eigenvalue weighted by molar-refractivity contribution is 6.76. The van der Waals surface area contributed by atoms with Crippen LogP contribution in [0, 0.1) is 11.3 Å². The summed E-state index contributed by atoms with van der Waals surface area (Å²) < 4.78 is 0. The lowest BCUT2D eigenvalue weighted by Crippen LogP contribution is -2.29. The number of rotatable bonds is 4. The van der Waals surface area contributed by atoms with Crippen molar-refractivity contribution in [2.75, 3.05) is 0 Å². The Morgan fingerprint density at radius 2 is 1.73 bits per heavy atom. The first kappa shape index (κ1) is 14.1. The molecular weight excluding hydrogens is 187 g/mol. The van der Waals surface area contributed by atoms with Gasteiger partial charge in [-0.3, -0.25) is 0 Å². The first-order valence-electron chi connectivity index (χ1n) is 5.41. The van der Waals surface area contributed by atoms with E-state index in [1.807, 2.05) is 41.4 Å². The summed E-state index contributed by atoms with van der Waals surface area (Å²) in [6.07, 6.45) is 0.899. The second kappa shape index (κ2) is 5.29. The molecule has 3 heteroatoms. The van der Waals surface area contributed by atoms with Gasteiger partial charge in [-0.2, -0.15) is 0 Å². The number of hydrogen-bond acceptors (Lipinski definition) is 2. The maximum absolute atomic E-state index is 11.8. The summed E-state index contributed by atoms with van der Waals surface area (Å²) in [5.41, 5.74) is 1.54. The van der Waals surface area contributed by atoms with Crippen molar-refractivity contribution in [1.29, 1.82) is 0 Å². The maximum Gasteiger partial charge on any atom is 0.208 e. The molecule has 0 aliphatic heterocycles. The molecule has 0 rings (SSSR count). The van der Waals surface area contributed by atoms with Gasteiger partial charge in [0.25, 0.3) is 0 Å². The van der Waals surface area contributed by atoms with Crippen LogP contribution in [0.5, 0.6) is 0 Å². The standard InChI is InChI=1S/C12H21BO2/c1-8(2)10(11(15)13-6)9(7-14)12(3,4)5/h7,9,13H,1-6H3. The number of aldehydes is 1. The first-order valence-corrected chi connectivity index (χ1v) is 5.41. The van der Waals surface area contributed by atoms with Crippen molar-refractivity contribution in [3.63, 3.8) is 0 Å². The molecule has 0 aliphatic rings. The van der Waals surface area contributed by atoms with Crippen LogP contribution in [0.15, 0.2) is 11.1 Å². The second-order valence-corrected chi connectivity index (χ2v) is 5.17. The normalized spacial score (nSPS) is 12.9. The van der Waals surface area contributed by atoms with Crippen LogP contribution in [0.1, 0.15) is 34.6 Å². The van der Waals surface area contributed by atoms with Crippen molar-refractivity contribution >= 4 is 19.2 Å². The lowest BCUT2D eigenvalue weighted by molar-refractivity contribution is -0.116. The minimum absolute atomic E-state index is 0.0852. The topological polar surface area (TPSA) is 34.1 Å². The van der Waals surface area contributed by atoms with Gasteiger partial charge in [0.15, 0.2) is 0 Å². The summed E-state index contributed by atoms with van der Waals surface area (Å²) in [7, 11) is 0.459. The molecule has 0 radical (unpaired) electrons. The van der Waals surface area contributed by atoms with E-state index in [1.54, 1.807) is 0 Å². The summed E-state index contributed by atoms with van der Waals surface area (Å²) >= 11 is 0. The SMILES string of the molecule is CBC(=O)C(=C(C)C)C(C=O)C(C)(C)C. The molecule has 0 saturated carbocycles. The average molecular weight is 208 g/mol. The molecule has 0 aromatic heterocycles. The van der Waals surface area contributed by atoms with Crippen molar-refractivity contribution in [2.24, 2.45) is 11.3 Å². The zero-order valence-corrected chi connectivity index (χ0v) is 10.7. The molecule has 0 aromatic rings.